The summed E-state index contributed by atoms with van der Waals surface area (Å²) in [7, 11) is 3.98. The number of rotatable bonds is 5. The third-order valence-electron chi connectivity index (χ3n) is 3.89. The van der Waals surface area contributed by atoms with E-state index in [1.54, 1.807) is 12.3 Å². The Bertz CT molecular complexity index is 838. The highest BCUT2D eigenvalue weighted by atomic mass is 16.2. The van der Waals surface area contributed by atoms with Crippen LogP contribution in [-0.2, 0) is 0 Å². The number of likely N-dealkylation sites (N-methyl/N-ethyl adjacent to an activating group) is 1. The van der Waals surface area contributed by atoms with E-state index in [1.165, 1.54) is 5.56 Å². The summed E-state index contributed by atoms with van der Waals surface area (Å²) in [5.41, 5.74) is 3.25. The summed E-state index contributed by atoms with van der Waals surface area (Å²) < 4.78 is 0. The molecule has 1 aromatic carbocycles. The maximum atomic E-state index is 12.7. The lowest BCUT2D eigenvalue weighted by Crippen LogP contribution is -2.35. The Morgan fingerprint density at radius 1 is 1.25 bits per heavy atom. The third-order valence-corrected chi connectivity index (χ3v) is 3.89. The molecule has 1 unspecified atom stereocenters. The fourth-order valence-electron chi connectivity index (χ4n) is 2.65. The van der Waals surface area contributed by atoms with E-state index in [9.17, 15) is 4.79 Å². The van der Waals surface area contributed by atoms with Gasteiger partial charge in [-0.2, -0.15) is 5.10 Å². The predicted octanol–water partition coefficient (Wildman–Crippen LogP) is 2.30. The molecule has 2 aromatic heterocycles. The van der Waals surface area contributed by atoms with Crippen molar-refractivity contribution >= 4 is 16.9 Å². The molecule has 2 heterocycles. The van der Waals surface area contributed by atoms with Crippen LogP contribution in [0.5, 0.6) is 0 Å². The molecule has 6 nitrogen and oxygen atoms in total. The first kappa shape index (κ1) is 16.1. The molecule has 0 radical (unpaired) electrons. The lowest BCUT2D eigenvalue weighted by Gasteiger charge is -2.22. The van der Waals surface area contributed by atoms with E-state index < -0.39 is 0 Å². The van der Waals surface area contributed by atoms with Gasteiger partial charge in [-0.25, -0.2) is 4.98 Å². The number of aromatic nitrogens is 3. The second-order valence-electron chi connectivity index (χ2n) is 6.17. The molecule has 1 amide bonds. The van der Waals surface area contributed by atoms with Crippen LogP contribution in [0.4, 0.5) is 0 Å². The van der Waals surface area contributed by atoms with E-state index >= 15 is 0 Å². The molecular weight excluding hydrogens is 302 g/mol. The van der Waals surface area contributed by atoms with Crippen LogP contribution in [0.15, 0.2) is 42.6 Å². The molecule has 3 rings (SSSR count). The zero-order valence-electron chi connectivity index (χ0n) is 14.1. The summed E-state index contributed by atoms with van der Waals surface area (Å²) in [4.78, 5) is 18.9. The lowest BCUT2D eigenvalue weighted by molar-refractivity contribution is 0.0926. The third kappa shape index (κ3) is 3.44. The highest BCUT2D eigenvalue weighted by Crippen LogP contribution is 2.18. The molecule has 0 aliphatic carbocycles. The number of hydrogen-bond acceptors (Lipinski definition) is 4. The molecule has 0 saturated heterocycles. The second-order valence-corrected chi connectivity index (χ2v) is 6.17. The van der Waals surface area contributed by atoms with Crippen molar-refractivity contribution in [2.45, 2.75) is 13.0 Å². The maximum absolute atomic E-state index is 12.7. The average molecular weight is 323 g/mol. The molecular formula is C18H21N5O. The number of nitrogens with zero attached hydrogens (tertiary/aromatic N) is 3. The fourth-order valence-corrected chi connectivity index (χ4v) is 2.65. The van der Waals surface area contributed by atoms with Crippen LogP contribution in [0.3, 0.4) is 0 Å². The number of carbonyl (C=O) groups excluding carboxylic acids is 1. The summed E-state index contributed by atoms with van der Waals surface area (Å²) in [5.74, 6) is -0.182. The largest absolute Gasteiger partial charge is 0.343 e. The van der Waals surface area contributed by atoms with Gasteiger partial charge in [0.15, 0.2) is 5.65 Å². The molecule has 0 bridgehead atoms. The molecule has 6 heteroatoms. The highest BCUT2D eigenvalue weighted by Gasteiger charge is 2.20. The summed E-state index contributed by atoms with van der Waals surface area (Å²) in [5, 5.41) is 10.7. The van der Waals surface area contributed by atoms with Gasteiger partial charge >= 0.3 is 0 Å². The van der Waals surface area contributed by atoms with Crippen molar-refractivity contribution in [3.8, 4) is 0 Å². The van der Waals surface area contributed by atoms with Gasteiger partial charge in [0, 0.05) is 12.7 Å². The first-order chi connectivity index (χ1) is 11.5. The molecule has 2 N–H and O–H groups in total. The van der Waals surface area contributed by atoms with Crippen LogP contribution in [0.2, 0.25) is 0 Å². The molecule has 0 aliphatic heterocycles. The van der Waals surface area contributed by atoms with Crippen molar-refractivity contribution < 1.29 is 4.79 Å². The Morgan fingerprint density at radius 3 is 2.71 bits per heavy atom. The molecule has 0 fully saturated rings. The van der Waals surface area contributed by atoms with Crippen LogP contribution in [-0.4, -0.2) is 46.6 Å². The van der Waals surface area contributed by atoms with Gasteiger partial charge in [-0.1, -0.05) is 29.8 Å². The SMILES string of the molecule is Cc1ccc(C(CN(C)C)NC(=O)c2[nH]nc3ncccc23)cc1. The zero-order valence-corrected chi connectivity index (χ0v) is 14.1. The Kier molecular flexibility index (Phi) is 4.57. The standard InChI is InChI=1S/C18H21N5O/c1-12-6-8-13(9-7-12)15(11-23(2)3)20-18(24)16-14-5-4-10-19-17(14)22-21-16/h4-10,15H,11H2,1-3H3,(H,20,24)(H,19,21,22). The van der Waals surface area contributed by atoms with Crippen LogP contribution in [0, 0.1) is 6.92 Å². The van der Waals surface area contributed by atoms with E-state index in [4.69, 9.17) is 0 Å². The molecule has 0 saturated carbocycles. The lowest BCUT2D eigenvalue weighted by atomic mass is 10.0. The van der Waals surface area contributed by atoms with Crippen LogP contribution < -0.4 is 5.32 Å². The minimum absolute atomic E-state index is 0.108. The molecule has 3 aromatic rings. The molecule has 1 atom stereocenters. The van der Waals surface area contributed by atoms with Crippen molar-refractivity contribution in [3.05, 3.63) is 59.4 Å². The van der Waals surface area contributed by atoms with Crippen molar-refractivity contribution in [1.29, 1.82) is 0 Å². The number of H-pyrrole nitrogens is 1. The number of nitrogens with one attached hydrogen (secondary N) is 2. The number of amides is 1. The summed E-state index contributed by atoms with van der Waals surface area (Å²) in [6.45, 7) is 2.76. The van der Waals surface area contributed by atoms with E-state index in [0.29, 0.717) is 17.9 Å². The monoisotopic (exact) mass is 323 g/mol. The van der Waals surface area contributed by atoms with Crippen molar-refractivity contribution in [1.82, 2.24) is 25.4 Å². The van der Waals surface area contributed by atoms with Gasteiger partial charge in [0.05, 0.1) is 11.4 Å². The molecule has 24 heavy (non-hydrogen) atoms. The van der Waals surface area contributed by atoms with Gasteiger partial charge in [0.2, 0.25) is 0 Å². The van der Waals surface area contributed by atoms with Gasteiger partial charge in [0.25, 0.3) is 5.91 Å². The van der Waals surface area contributed by atoms with E-state index in [-0.39, 0.29) is 11.9 Å². The van der Waals surface area contributed by atoms with Gasteiger partial charge in [-0.15, -0.1) is 0 Å². The van der Waals surface area contributed by atoms with Gasteiger partial charge in [0.1, 0.15) is 5.69 Å². The van der Waals surface area contributed by atoms with Crippen LogP contribution >= 0.6 is 0 Å². The van der Waals surface area contributed by atoms with Crippen LogP contribution in [0.25, 0.3) is 11.0 Å². The second kappa shape index (κ2) is 6.80. The number of aromatic amines is 1. The summed E-state index contributed by atoms with van der Waals surface area (Å²) in [6.07, 6.45) is 1.66. The molecule has 0 spiro atoms. The molecule has 124 valence electrons. The highest BCUT2D eigenvalue weighted by molar-refractivity contribution is 6.03. The van der Waals surface area contributed by atoms with Crippen molar-refractivity contribution in [2.75, 3.05) is 20.6 Å². The number of pyridine rings is 1. The number of fused-ring (bicyclic) bond motifs is 1. The normalized spacial score (nSPS) is 12.5. The first-order valence-electron chi connectivity index (χ1n) is 7.86. The minimum atomic E-state index is -0.182. The predicted molar refractivity (Wildman–Crippen MR) is 93.8 cm³/mol. The summed E-state index contributed by atoms with van der Waals surface area (Å²) in [6, 6.07) is 11.7. The van der Waals surface area contributed by atoms with Crippen LogP contribution in [0.1, 0.15) is 27.7 Å². The smallest absolute Gasteiger partial charge is 0.270 e. The summed E-state index contributed by atoms with van der Waals surface area (Å²) >= 11 is 0. The topological polar surface area (TPSA) is 73.9 Å². The van der Waals surface area contributed by atoms with E-state index in [0.717, 1.165) is 10.9 Å². The Labute approximate surface area is 140 Å². The number of hydrogen-bond donors (Lipinski definition) is 2. The van der Waals surface area contributed by atoms with Gasteiger partial charge < -0.3 is 10.2 Å². The maximum Gasteiger partial charge on any atom is 0.270 e. The zero-order chi connectivity index (χ0) is 17.1. The average Bonchev–Trinajstić information content (AvgIpc) is 2.98. The Morgan fingerprint density at radius 2 is 2.00 bits per heavy atom. The molecule has 0 aliphatic rings. The van der Waals surface area contributed by atoms with Crippen molar-refractivity contribution in [3.63, 3.8) is 0 Å². The first-order valence-corrected chi connectivity index (χ1v) is 7.86. The fraction of sp³-hybridized carbons (Fsp3) is 0.278. The van der Waals surface area contributed by atoms with E-state index in [1.807, 2.05) is 27.1 Å². The van der Waals surface area contributed by atoms with Gasteiger partial charge in [-0.05, 0) is 38.7 Å². The number of aryl methyl sites for hydroxylation is 1. The van der Waals surface area contributed by atoms with Gasteiger partial charge in [-0.3, -0.25) is 9.89 Å². The van der Waals surface area contributed by atoms with Crippen molar-refractivity contribution in [2.24, 2.45) is 0 Å². The minimum Gasteiger partial charge on any atom is -0.343 e. The quantitative estimate of drug-likeness (QED) is 0.755. The number of carbonyl (C=O) groups is 1. The Balaban J connectivity index is 1.86. The number of benzene rings is 1. The van der Waals surface area contributed by atoms with E-state index in [2.05, 4.69) is 49.7 Å². The Hall–Kier alpha value is -2.73.